The maximum atomic E-state index is 13.6. The van der Waals surface area contributed by atoms with E-state index in [0.717, 1.165) is 30.3 Å². The molecule has 55 heavy (non-hydrogen) atoms. The molecule has 0 aliphatic heterocycles. The number of hydrogen-bond donors (Lipinski definition) is 4. The van der Waals surface area contributed by atoms with Crippen LogP contribution < -0.4 is 19.5 Å². The molecule has 0 aromatic heterocycles. The fraction of sp³-hybridized carbons (Fsp3) is 0.387. The smallest absolute Gasteiger partial charge is 0.407 e. The average Bonchev–Trinajstić information content (AvgIpc) is 3.06. The average molecular weight is 830 g/mol. The van der Waals surface area contributed by atoms with Crippen LogP contribution in [0.4, 0.5) is 38.9 Å². The van der Waals surface area contributed by atoms with Crippen LogP contribution in [0.2, 0.25) is 0 Å². The third-order valence-electron chi connectivity index (χ3n) is 7.37. The first kappa shape index (κ1) is 43.8. The minimum Gasteiger partial charge on any atom is -0.444 e. The van der Waals surface area contributed by atoms with Crippen LogP contribution in [0, 0.1) is 30.3 Å². The third-order valence-corrected chi connectivity index (χ3v) is 12.0. The normalized spacial score (nSPS) is 12.6. The molecule has 0 heterocycles. The van der Waals surface area contributed by atoms with Gasteiger partial charge in [-0.25, -0.2) is 30.0 Å². The lowest BCUT2D eigenvalue weighted by atomic mass is 10.1. The van der Waals surface area contributed by atoms with Crippen molar-refractivity contribution in [1.82, 2.24) is 5.32 Å². The fourth-order valence-corrected chi connectivity index (χ4v) is 9.64. The van der Waals surface area contributed by atoms with Crippen molar-refractivity contribution in [3.63, 3.8) is 0 Å². The zero-order chi connectivity index (χ0) is 41.2. The Morgan fingerprint density at radius 3 is 1.76 bits per heavy atom. The van der Waals surface area contributed by atoms with Gasteiger partial charge in [-0.3, -0.25) is 44.5 Å². The van der Waals surface area contributed by atoms with Crippen molar-refractivity contribution in [3.8, 4) is 0 Å². The molecule has 0 saturated carbocycles. The molecule has 0 aliphatic carbocycles. The van der Waals surface area contributed by atoms with Crippen molar-refractivity contribution < 1.29 is 49.6 Å². The quantitative estimate of drug-likeness (QED) is 0.0685. The van der Waals surface area contributed by atoms with Gasteiger partial charge >= 0.3 is 6.09 Å². The number of rotatable bonds is 20. The van der Waals surface area contributed by atoms with Crippen LogP contribution in [0.1, 0.15) is 45.6 Å². The summed E-state index contributed by atoms with van der Waals surface area (Å²) in [7, 11) is -13.6. The molecular weight excluding hydrogens is 791 g/mol. The molecule has 0 aliphatic rings. The van der Waals surface area contributed by atoms with E-state index in [1.54, 1.807) is 20.8 Å². The number of amides is 1. The number of nitro groups is 3. The van der Waals surface area contributed by atoms with Gasteiger partial charge < -0.3 is 10.1 Å². The molecule has 300 valence electrons. The molecule has 3 aromatic rings. The first-order valence-corrected chi connectivity index (χ1v) is 21.1. The Hall–Kier alpha value is -5.62. The van der Waals surface area contributed by atoms with Crippen molar-refractivity contribution in [2.24, 2.45) is 0 Å². The SMILES string of the molecule is CC(C)(C)OC(=O)NCCCCC(CS(=O)(=O)Nc1ccc(CCS(=O)(=O)Nc2ccccc2[N+](=O)[O-])cc1[N+](=O)[O-])S(=O)(=O)Nc1ccccc1[N+](=O)[O-]. The highest BCUT2D eigenvalue weighted by molar-refractivity contribution is 7.96. The largest absolute Gasteiger partial charge is 0.444 e. The Labute approximate surface area is 316 Å². The summed E-state index contributed by atoms with van der Waals surface area (Å²) >= 11 is 0. The summed E-state index contributed by atoms with van der Waals surface area (Å²) in [5.41, 5.74) is -3.89. The molecule has 3 aromatic carbocycles. The van der Waals surface area contributed by atoms with E-state index < -0.39 is 102 Å². The molecule has 0 radical (unpaired) electrons. The van der Waals surface area contributed by atoms with Crippen molar-refractivity contribution in [2.75, 3.05) is 32.2 Å². The molecule has 0 spiro atoms. The zero-order valence-electron chi connectivity index (χ0n) is 29.7. The van der Waals surface area contributed by atoms with Crippen LogP contribution in [0.25, 0.3) is 0 Å². The summed E-state index contributed by atoms with van der Waals surface area (Å²) in [5.74, 6) is -1.82. The van der Waals surface area contributed by atoms with Crippen LogP contribution in [0.3, 0.4) is 0 Å². The van der Waals surface area contributed by atoms with Gasteiger partial charge in [-0.1, -0.05) is 36.8 Å². The number of carbonyl (C=O) groups excluding carboxylic acids is 1. The number of carbonyl (C=O) groups is 1. The maximum Gasteiger partial charge on any atom is 0.407 e. The topological polar surface area (TPSA) is 306 Å². The van der Waals surface area contributed by atoms with Gasteiger partial charge in [-0.05, 0) is 63.8 Å². The van der Waals surface area contributed by atoms with Gasteiger partial charge in [0.2, 0.25) is 30.1 Å². The van der Waals surface area contributed by atoms with E-state index in [4.69, 9.17) is 4.74 Å². The highest BCUT2D eigenvalue weighted by Crippen LogP contribution is 2.30. The van der Waals surface area contributed by atoms with Crippen LogP contribution in [-0.2, 0) is 41.2 Å². The van der Waals surface area contributed by atoms with Crippen LogP contribution in [-0.4, -0.2) is 75.0 Å². The van der Waals surface area contributed by atoms with Crippen LogP contribution in [0.5, 0.6) is 0 Å². The van der Waals surface area contributed by atoms with Crippen molar-refractivity contribution >= 4 is 70.3 Å². The first-order chi connectivity index (χ1) is 25.5. The van der Waals surface area contributed by atoms with Crippen molar-refractivity contribution in [1.29, 1.82) is 0 Å². The monoisotopic (exact) mass is 829 g/mol. The summed E-state index contributed by atoms with van der Waals surface area (Å²) in [5, 5.41) is 35.5. The van der Waals surface area contributed by atoms with Gasteiger partial charge in [0.1, 0.15) is 22.7 Å². The number of hydrogen-bond acceptors (Lipinski definition) is 14. The molecular formula is C31H39N7O14S3. The summed E-state index contributed by atoms with van der Waals surface area (Å²) in [6, 6.07) is 12.9. The molecule has 1 atom stereocenters. The van der Waals surface area contributed by atoms with Gasteiger partial charge in [0.15, 0.2) is 0 Å². The predicted molar refractivity (Wildman–Crippen MR) is 202 cm³/mol. The standard InChI is InChI=1S/C31H39N7O14S3/c1-31(2,3)52-30(39)32-18-9-8-10-23(55(50,51)35-25-12-5-7-14-28(25)37(42)43)21-54(48,49)34-26-16-15-22(20-29(26)38(44)45)17-19-53(46,47)33-24-11-4-6-13-27(24)36(40)41/h4-7,11-16,20,23,33-35H,8-10,17-19,21H2,1-3H3,(H,32,39). The van der Waals surface area contributed by atoms with Gasteiger partial charge in [0, 0.05) is 24.7 Å². The number of nitrogens with zero attached hydrogens (tertiary/aromatic N) is 3. The number of ether oxygens (including phenoxy) is 1. The predicted octanol–water partition coefficient (Wildman–Crippen LogP) is 4.64. The number of benzene rings is 3. The van der Waals surface area contributed by atoms with Crippen LogP contribution >= 0.6 is 0 Å². The molecule has 1 amide bonds. The molecule has 0 bridgehead atoms. The maximum absolute atomic E-state index is 13.6. The number of unbranched alkanes of at least 4 members (excludes halogenated alkanes) is 1. The highest BCUT2D eigenvalue weighted by atomic mass is 32.2. The second-order valence-corrected chi connectivity index (χ2v) is 18.5. The minimum absolute atomic E-state index is 0.0341. The molecule has 21 nitrogen and oxygen atoms in total. The molecule has 3 rings (SSSR count). The molecule has 4 N–H and O–H groups in total. The Balaban J connectivity index is 1.80. The van der Waals surface area contributed by atoms with E-state index in [-0.39, 0.29) is 43.5 Å². The number of aryl methyl sites for hydroxylation is 1. The van der Waals surface area contributed by atoms with E-state index >= 15 is 0 Å². The number of para-hydroxylation sites is 4. The fourth-order valence-electron chi connectivity index (χ4n) is 4.90. The van der Waals surface area contributed by atoms with Crippen LogP contribution in [0.15, 0.2) is 66.7 Å². The van der Waals surface area contributed by atoms with Gasteiger partial charge in [-0.15, -0.1) is 0 Å². The second-order valence-electron chi connectivity index (χ2n) is 12.9. The number of nitrogens with one attached hydrogen (secondary N) is 4. The van der Waals surface area contributed by atoms with Gasteiger partial charge in [-0.2, -0.15) is 0 Å². The summed E-state index contributed by atoms with van der Waals surface area (Å²) < 4.78 is 90.7. The highest BCUT2D eigenvalue weighted by Gasteiger charge is 2.33. The van der Waals surface area contributed by atoms with E-state index in [9.17, 15) is 60.4 Å². The minimum atomic E-state index is -4.72. The second kappa shape index (κ2) is 18.1. The lowest BCUT2D eigenvalue weighted by molar-refractivity contribution is -0.384. The molecule has 24 heteroatoms. The van der Waals surface area contributed by atoms with Crippen molar-refractivity contribution in [2.45, 2.75) is 57.3 Å². The van der Waals surface area contributed by atoms with E-state index in [0.29, 0.717) is 0 Å². The number of alkyl carbamates (subject to hydrolysis) is 1. The Bertz CT molecular complexity index is 2250. The van der Waals surface area contributed by atoms with E-state index in [2.05, 4.69) is 14.8 Å². The van der Waals surface area contributed by atoms with E-state index in [1.807, 2.05) is 4.72 Å². The lowest BCUT2D eigenvalue weighted by Crippen LogP contribution is -2.36. The Kier molecular flexibility index (Phi) is 14.4. The van der Waals surface area contributed by atoms with Gasteiger partial charge in [0.25, 0.3) is 17.1 Å². The zero-order valence-corrected chi connectivity index (χ0v) is 32.1. The number of nitro benzene ring substituents is 3. The first-order valence-electron chi connectivity index (χ1n) is 16.2. The third kappa shape index (κ3) is 13.9. The lowest BCUT2D eigenvalue weighted by Gasteiger charge is -2.20. The molecule has 1 unspecified atom stereocenters. The summed E-state index contributed by atoms with van der Waals surface area (Å²) in [4.78, 5) is 44.1. The Morgan fingerprint density at radius 1 is 0.709 bits per heavy atom. The summed E-state index contributed by atoms with van der Waals surface area (Å²) in [6.45, 7) is 4.99. The molecule has 0 saturated heterocycles. The Morgan fingerprint density at radius 2 is 1.22 bits per heavy atom. The summed E-state index contributed by atoms with van der Waals surface area (Å²) in [6.07, 6.45) is -1.18. The number of anilines is 3. The molecule has 0 fully saturated rings. The van der Waals surface area contributed by atoms with Gasteiger partial charge in [0.05, 0.1) is 31.5 Å². The van der Waals surface area contributed by atoms with E-state index in [1.165, 1.54) is 36.4 Å². The number of sulfonamides is 3. The van der Waals surface area contributed by atoms with Crippen molar-refractivity contribution in [3.05, 3.63) is 103 Å².